The van der Waals surface area contributed by atoms with E-state index in [-0.39, 0.29) is 6.54 Å². The normalized spacial score (nSPS) is 10.3. The van der Waals surface area contributed by atoms with Crippen LogP contribution >= 0.6 is 11.3 Å². The summed E-state index contributed by atoms with van der Waals surface area (Å²) in [6, 6.07) is 13.0. The van der Waals surface area contributed by atoms with Gasteiger partial charge in [-0.1, -0.05) is 30.3 Å². The molecule has 3 aromatic rings. The minimum atomic E-state index is -0.759. The number of thiazole rings is 1. The average molecular weight is 327 g/mol. The average Bonchev–Trinajstić information content (AvgIpc) is 3.25. The highest BCUT2D eigenvalue weighted by atomic mass is 32.1. The number of hydrogen-bond donors (Lipinski definition) is 2. The summed E-state index contributed by atoms with van der Waals surface area (Å²) in [6.07, 6.45) is 1.50. The van der Waals surface area contributed by atoms with Crippen molar-refractivity contribution in [3.63, 3.8) is 0 Å². The van der Waals surface area contributed by atoms with Crippen LogP contribution in [-0.2, 0) is 16.1 Å². The first-order valence-electron chi connectivity index (χ1n) is 6.85. The van der Waals surface area contributed by atoms with Crippen LogP contribution in [0.15, 0.2) is 58.5 Å². The van der Waals surface area contributed by atoms with E-state index in [4.69, 9.17) is 4.42 Å². The van der Waals surface area contributed by atoms with Gasteiger partial charge in [-0.05, 0) is 12.1 Å². The molecule has 0 fully saturated rings. The van der Waals surface area contributed by atoms with Crippen LogP contribution in [0.5, 0.6) is 0 Å². The van der Waals surface area contributed by atoms with Crippen molar-refractivity contribution in [2.75, 3.05) is 5.32 Å². The van der Waals surface area contributed by atoms with Crippen molar-refractivity contribution in [1.82, 2.24) is 10.3 Å². The van der Waals surface area contributed by atoms with Crippen LogP contribution in [-0.4, -0.2) is 16.8 Å². The van der Waals surface area contributed by atoms with Gasteiger partial charge in [0.25, 0.3) is 0 Å². The summed E-state index contributed by atoms with van der Waals surface area (Å²) in [5, 5.41) is 7.17. The number of benzene rings is 1. The van der Waals surface area contributed by atoms with Crippen LogP contribution in [0.25, 0.3) is 11.3 Å². The largest absolute Gasteiger partial charge is 0.467 e. The number of furan rings is 1. The molecule has 0 spiro atoms. The van der Waals surface area contributed by atoms with Gasteiger partial charge < -0.3 is 9.73 Å². The van der Waals surface area contributed by atoms with E-state index >= 15 is 0 Å². The number of nitrogens with zero attached hydrogens (tertiary/aromatic N) is 1. The Morgan fingerprint density at radius 2 is 1.91 bits per heavy atom. The molecule has 23 heavy (non-hydrogen) atoms. The van der Waals surface area contributed by atoms with Gasteiger partial charge in [-0.15, -0.1) is 11.3 Å². The molecule has 6 nitrogen and oxygen atoms in total. The van der Waals surface area contributed by atoms with Crippen molar-refractivity contribution < 1.29 is 14.0 Å². The molecule has 0 saturated heterocycles. The quantitative estimate of drug-likeness (QED) is 0.722. The third-order valence-corrected chi connectivity index (χ3v) is 3.76. The second-order valence-electron chi connectivity index (χ2n) is 4.62. The first kappa shape index (κ1) is 15.0. The van der Waals surface area contributed by atoms with E-state index < -0.39 is 11.8 Å². The highest BCUT2D eigenvalue weighted by Gasteiger charge is 2.15. The van der Waals surface area contributed by atoms with Crippen molar-refractivity contribution in [3.8, 4) is 11.3 Å². The van der Waals surface area contributed by atoms with Crippen LogP contribution < -0.4 is 10.6 Å². The van der Waals surface area contributed by atoms with Crippen LogP contribution in [0, 0.1) is 0 Å². The molecule has 2 N–H and O–H groups in total. The summed E-state index contributed by atoms with van der Waals surface area (Å²) in [5.41, 5.74) is 1.70. The van der Waals surface area contributed by atoms with E-state index in [2.05, 4.69) is 15.6 Å². The highest BCUT2D eigenvalue weighted by Crippen LogP contribution is 2.24. The number of carbonyl (C=O) groups excluding carboxylic acids is 2. The zero-order valence-corrected chi connectivity index (χ0v) is 12.8. The van der Waals surface area contributed by atoms with Gasteiger partial charge in [-0.25, -0.2) is 4.98 Å². The summed E-state index contributed by atoms with van der Waals surface area (Å²) in [6.45, 7) is 0.159. The number of aromatic nitrogens is 1. The lowest BCUT2D eigenvalue weighted by atomic mass is 10.2. The lowest BCUT2D eigenvalue weighted by Crippen LogP contribution is -2.34. The fraction of sp³-hybridized carbons (Fsp3) is 0.0625. The molecular weight excluding hydrogens is 314 g/mol. The Hall–Kier alpha value is -2.93. The lowest BCUT2D eigenvalue weighted by Gasteiger charge is -2.02. The molecule has 2 heterocycles. The minimum absolute atomic E-state index is 0.159. The fourth-order valence-electron chi connectivity index (χ4n) is 1.89. The topological polar surface area (TPSA) is 84.2 Å². The lowest BCUT2D eigenvalue weighted by molar-refractivity contribution is -0.136. The highest BCUT2D eigenvalue weighted by molar-refractivity contribution is 7.14. The Kier molecular flexibility index (Phi) is 4.49. The predicted molar refractivity (Wildman–Crippen MR) is 86.7 cm³/mol. The summed E-state index contributed by atoms with van der Waals surface area (Å²) < 4.78 is 5.08. The Bertz CT molecular complexity index is 797. The SMILES string of the molecule is O=C(NCc1ccco1)C(=O)Nc1nc(-c2ccccc2)cs1. The van der Waals surface area contributed by atoms with Gasteiger partial charge in [-0.3, -0.25) is 14.9 Å². The van der Waals surface area contributed by atoms with Gasteiger partial charge in [0.15, 0.2) is 5.13 Å². The van der Waals surface area contributed by atoms with Gasteiger partial charge in [0, 0.05) is 10.9 Å². The third kappa shape index (κ3) is 3.83. The molecule has 2 amide bonds. The number of carbonyl (C=O) groups is 2. The van der Waals surface area contributed by atoms with Crippen molar-refractivity contribution in [2.24, 2.45) is 0 Å². The van der Waals surface area contributed by atoms with Crippen molar-refractivity contribution in [1.29, 1.82) is 0 Å². The summed E-state index contributed by atoms with van der Waals surface area (Å²) in [5.74, 6) is -0.921. The Labute approximate surface area is 136 Å². The Morgan fingerprint density at radius 1 is 1.09 bits per heavy atom. The molecule has 0 saturated carbocycles. The van der Waals surface area contributed by atoms with Gasteiger partial charge >= 0.3 is 11.8 Å². The minimum Gasteiger partial charge on any atom is -0.467 e. The first-order valence-corrected chi connectivity index (χ1v) is 7.73. The third-order valence-electron chi connectivity index (χ3n) is 3.00. The zero-order valence-electron chi connectivity index (χ0n) is 12.0. The van der Waals surface area contributed by atoms with Crippen molar-refractivity contribution in [3.05, 3.63) is 59.9 Å². The molecule has 7 heteroatoms. The zero-order chi connectivity index (χ0) is 16.1. The van der Waals surface area contributed by atoms with E-state index in [0.29, 0.717) is 10.9 Å². The van der Waals surface area contributed by atoms with Crippen LogP contribution in [0.4, 0.5) is 5.13 Å². The van der Waals surface area contributed by atoms with Gasteiger partial charge in [0.05, 0.1) is 18.5 Å². The molecule has 0 aliphatic rings. The van der Waals surface area contributed by atoms with E-state index in [1.807, 2.05) is 35.7 Å². The van der Waals surface area contributed by atoms with Crippen LogP contribution in [0.2, 0.25) is 0 Å². The monoisotopic (exact) mass is 327 g/mol. The molecule has 1 aromatic carbocycles. The van der Waals surface area contributed by atoms with Gasteiger partial charge in [0.2, 0.25) is 0 Å². The Morgan fingerprint density at radius 3 is 2.65 bits per heavy atom. The molecule has 116 valence electrons. The van der Waals surface area contributed by atoms with E-state index in [0.717, 1.165) is 11.3 Å². The van der Waals surface area contributed by atoms with Crippen LogP contribution in [0.1, 0.15) is 5.76 Å². The molecule has 0 radical (unpaired) electrons. The molecular formula is C16H13N3O3S. The summed E-state index contributed by atoms with van der Waals surface area (Å²) >= 11 is 1.26. The first-order chi connectivity index (χ1) is 11.2. The van der Waals surface area contributed by atoms with Gasteiger partial charge in [0.1, 0.15) is 5.76 Å². The number of nitrogens with one attached hydrogen (secondary N) is 2. The maximum Gasteiger partial charge on any atom is 0.315 e. The Balaban J connectivity index is 1.57. The smallest absolute Gasteiger partial charge is 0.315 e. The predicted octanol–water partition coefficient (Wildman–Crippen LogP) is 2.66. The second kappa shape index (κ2) is 6.89. The number of anilines is 1. The molecule has 0 aliphatic carbocycles. The van der Waals surface area contributed by atoms with E-state index in [9.17, 15) is 9.59 Å². The standard InChI is InChI=1S/C16H13N3O3S/c20-14(17-9-12-7-4-8-22-12)15(21)19-16-18-13(10-23-16)11-5-2-1-3-6-11/h1-8,10H,9H2,(H,17,20)(H,18,19,21). The summed E-state index contributed by atoms with van der Waals surface area (Å²) in [4.78, 5) is 27.9. The van der Waals surface area contributed by atoms with Crippen LogP contribution in [0.3, 0.4) is 0 Å². The number of amides is 2. The number of rotatable bonds is 4. The molecule has 0 atom stereocenters. The van der Waals surface area contributed by atoms with Crippen molar-refractivity contribution >= 4 is 28.3 Å². The second-order valence-corrected chi connectivity index (χ2v) is 5.48. The molecule has 0 aliphatic heterocycles. The van der Waals surface area contributed by atoms with E-state index in [1.54, 1.807) is 12.1 Å². The maximum atomic E-state index is 11.8. The van der Waals surface area contributed by atoms with E-state index in [1.165, 1.54) is 17.6 Å². The maximum absolute atomic E-state index is 11.8. The molecule has 0 bridgehead atoms. The molecule has 3 rings (SSSR count). The van der Waals surface area contributed by atoms with Gasteiger partial charge in [-0.2, -0.15) is 0 Å². The fourth-order valence-corrected chi connectivity index (χ4v) is 2.60. The number of hydrogen-bond acceptors (Lipinski definition) is 5. The molecule has 0 unspecified atom stereocenters. The van der Waals surface area contributed by atoms with Crippen molar-refractivity contribution in [2.45, 2.75) is 6.54 Å². The summed E-state index contributed by atoms with van der Waals surface area (Å²) in [7, 11) is 0. The molecule has 2 aromatic heterocycles.